The summed E-state index contributed by atoms with van der Waals surface area (Å²) in [6.07, 6.45) is 19.9. The first-order valence-electron chi connectivity index (χ1n) is 11.5. The van der Waals surface area contributed by atoms with Gasteiger partial charge in [-0.3, -0.25) is 0 Å². The first-order valence-corrected chi connectivity index (χ1v) is 11.5. The molecule has 0 bridgehead atoms. The van der Waals surface area contributed by atoms with Gasteiger partial charge >= 0.3 is 5.97 Å². The highest BCUT2D eigenvalue weighted by Gasteiger charge is 2.28. The van der Waals surface area contributed by atoms with Crippen LogP contribution in [0.5, 0.6) is 0 Å². The van der Waals surface area contributed by atoms with Crippen molar-refractivity contribution in [1.29, 1.82) is 0 Å². The normalized spacial score (nSPS) is 25.4. The van der Waals surface area contributed by atoms with Gasteiger partial charge in [0, 0.05) is 0 Å². The molecule has 3 aliphatic rings. The summed E-state index contributed by atoms with van der Waals surface area (Å²) in [6, 6.07) is 4.65. The Morgan fingerprint density at radius 1 is 0.778 bits per heavy atom. The molecule has 0 saturated heterocycles. The molecule has 3 aliphatic carbocycles. The summed E-state index contributed by atoms with van der Waals surface area (Å²) in [5.41, 5.74) is 4.45. The van der Waals surface area contributed by atoms with Gasteiger partial charge in [-0.05, 0) is 48.6 Å². The third-order valence-electron chi connectivity index (χ3n) is 7.38. The van der Waals surface area contributed by atoms with Gasteiger partial charge in [0.25, 0.3) is 0 Å². The van der Waals surface area contributed by atoms with Gasteiger partial charge in [-0.15, -0.1) is 5.92 Å². The number of hydrogen-bond acceptors (Lipinski definition) is 1. The lowest BCUT2D eigenvalue weighted by molar-refractivity contribution is 0.0693. The summed E-state index contributed by atoms with van der Waals surface area (Å²) in [6.45, 7) is 0. The molecule has 1 aromatic rings. The van der Waals surface area contributed by atoms with Crippen LogP contribution in [0.3, 0.4) is 0 Å². The van der Waals surface area contributed by atoms with Crippen molar-refractivity contribution in [3.63, 3.8) is 0 Å². The maximum atomic E-state index is 12.4. The number of rotatable bonds is 4. The number of carbonyl (C=O) groups is 1. The van der Waals surface area contributed by atoms with Crippen LogP contribution in [0.15, 0.2) is 12.1 Å². The Kier molecular flexibility index (Phi) is 6.20. The molecule has 4 rings (SSSR count). The minimum Gasteiger partial charge on any atom is -0.478 e. The number of hydrogen-bond donors (Lipinski definition) is 1. The molecule has 0 heterocycles. The van der Waals surface area contributed by atoms with Gasteiger partial charge in [-0.25, -0.2) is 4.79 Å². The van der Waals surface area contributed by atoms with Crippen molar-refractivity contribution >= 4 is 5.97 Å². The topological polar surface area (TPSA) is 37.3 Å². The molecule has 1 unspecified atom stereocenters. The zero-order chi connectivity index (χ0) is 18.6. The van der Waals surface area contributed by atoms with E-state index in [9.17, 15) is 9.90 Å². The smallest absolute Gasteiger partial charge is 0.336 e. The van der Waals surface area contributed by atoms with E-state index < -0.39 is 5.97 Å². The monoisotopic (exact) mass is 367 g/mol. The van der Waals surface area contributed by atoms with Crippen molar-refractivity contribution in [1.82, 2.24) is 0 Å². The molecular weight excluding hydrogens is 332 g/mol. The van der Waals surface area contributed by atoms with E-state index in [0.29, 0.717) is 23.3 Å². The first-order chi connectivity index (χ1) is 13.2. The summed E-state index contributed by atoms with van der Waals surface area (Å²) >= 11 is 0. The van der Waals surface area contributed by atoms with E-state index in [1.54, 1.807) is 0 Å². The molecule has 3 fully saturated rings. The fraction of sp³-hybridized carbons (Fsp3) is 0.680. The Morgan fingerprint density at radius 3 is 1.96 bits per heavy atom. The molecule has 1 atom stereocenters. The third kappa shape index (κ3) is 4.25. The molecular formula is C25H35O2-. The first kappa shape index (κ1) is 19.0. The van der Waals surface area contributed by atoms with Gasteiger partial charge in [0.05, 0.1) is 5.56 Å². The fourth-order valence-corrected chi connectivity index (χ4v) is 5.89. The van der Waals surface area contributed by atoms with Crippen molar-refractivity contribution in [2.24, 2.45) is 0 Å². The van der Waals surface area contributed by atoms with Gasteiger partial charge in [-0.1, -0.05) is 75.5 Å². The largest absolute Gasteiger partial charge is 0.478 e. The van der Waals surface area contributed by atoms with E-state index in [1.807, 2.05) is 0 Å². The second kappa shape index (κ2) is 8.80. The maximum Gasteiger partial charge on any atom is 0.336 e. The van der Waals surface area contributed by atoms with Crippen LogP contribution in [0, 0.1) is 6.42 Å². The number of carboxylic acid groups (broad SMARTS) is 1. The molecule has 2 heteroatoms. The van der Waals surface area contributed by atoms with Crippen LogP contribution in [-0.2, 0) is 0 Å². The van der Waals surface area contributed by atoms with Crippen LogP contribution in [-0.4, -0.2) is 11.1 Å². The van der Waals surface area contributed by atoms with Gasteiger partial charge in [0.2, 0.25) is 0 Å². The van der Waals surface area contributed by atoms with Crippen molar-refractivity contribution in [2.45, 2.75) is 108 Å². The Labute approximate surface area is 164 Å². The standard InChI is InChI=1S/C25H35O2/c26-25(27)24-22(19-12-6-2-7-13-19)16-21(18-10-4-1-5-11-18)17-23(24)20-14-8-3-9-15-20/h12,16-20H,1-11,13-15H2,(H,26,27)/q-1. The van der Waals surface area contributed by atoms with Crippen LogP contribution in [0.2, 0.25) is 0 Å². The molecule has 27 heavy (non-hydrogen) atoms. The highest BCUT2D eigenvalue weighted by atomic mass is 16.4. The zero-order valence-electron chi connectivity index (χ0n) is 16.7. The second-order valence-corrected chi connectivity index (χ2v) is 9.18. The molecule has 0 amide bonds. The van der Waals surface area contributed by atoms with Crippen molar-refractivity contribution in [3.05, 3.63) is 40.8 Å². The van der Waals surface area contributed by atoms with Gasteiger partial charge < -0.3 is 11.5 Å². The van der Waals surface area contributed by atoms with E-state index in [0.717, 1.165) is 18.4 Å². The van der Waals surface area contributed by atoms with Crippen molar-refractivity contribution in [2.75, 3.05) is 0 Å². The molecule has 0 spiro atoms. The molecule has 148 valence electrons. The summed E-state index contributed by atoms with van der Waals surface area (Å²) in [5, 5.41) is 10.2. The average Bonchev–Trinajstić information content (AvgIpc) is 2.74. The van der Waals surface area contributed by atoms with Crippen molar-refractivity contribution < 1.29 is 9.90 Å². The minimum atomic E-state index is -0.695. The predicted octanol–water partition coefficient (Wildman–Crippen LogP) is 7.34. The van der Waals surface area contributed by atoms with Crippen LogP contribution < -0.4 is 0 Å². The molecule has 0 aliphatic heterocycles. The van der Waals surface area contributed by atoms with Crippen LogP contribution in [0.1, 0.15) is 135 Å². The lowest BCUT2D eigenvalue weighted by atomic mass is 9.73. The second-order valence-electron chi connectivity index (χ2n) is 9.18. The molecule has 1 aromatic carbocycles. The Bertz CT molecular complexity index is 605. The van der Waals surface area contributed by atoms with E-state index in [-0.39, 0.29) is 0 Å². The molecule has 1 N–H and O–H groups in total. The lowest BCUT2D eigenvalue weighted by Gasteiger charge is -2.36. The lowest BCUT2D eigenvalue weighted by Crippen LogP contribution is -2.18. The maximum absolute atomic E-state index is 12.4. The van der Waals surface area contributed by atoms with E-state index in [4.69, 9.17) is 0 Å². The Balaban J connectivity index is 1.79. The highest BCUT2D eigenvalue weighted by Crippen LogP contribution is 2.43. The summed E-state index contributed by atoms with van der Waals surface area (Å²) in [4.78, 5) is 12.4. The van der Waals surface area contributed by atoms with Gasteiger partial charge in [-0.2, -0.15) is 6.42 Å². The van der Waals surface area contributed by atoms with Crippen LogP contribution >= 0.6 is 0 Å². The highest BCUT2D eigenvalue weighted by molar-refractivity contribution is 5.92. The molecule has 2 nitrogen and oxygen atoms in total. The van der Waals surface area contributed by atoms with E-state index in [2.05, 4.69) is 18.6 Å². The quantitative estimate of drug-likeness (QED) is 0.565. The number of benzene rings is 1. The fourth-order valence-electron chi connectivity index (χ4n) is 5.89. The summed E-state index contributed by atoms with van der Waals surface area (Å²) in [7, 11) is 0. The van der Waals surface area contributed by atoms with Gasteiger partial charge in [0.1, 0.15) is 0 Å². The van der Waals surface area contributed by atoms with Crippen LogP contribution in [0.25, 0.3) is 0 Å². The predicted molar refractivity (Wildman–Crippen MR) is 111 cm³/mol. The summed E-state index contributed by atoms with van der Waals surface area (Å²) < 4.78 is 0. The Morgan fingerprint density at radius 2 is 1.37 bits per heavy atom. The number of aromatic carboxylic acids is 1. The average molecular weight is 368 g/mol. The summed E-state index contributed by atoms with van der Waals surface area (Å²) in [5.74, 6) is 0.748. The SMILES string of the molecule is O=C(O)c1c(C2[CH-]CCCC2)cc(C2CCCCC2)cc1C1CCCCC1. The third-order valence-corrected chi connectivity index (χ3v) is 7.38. The van der Waals surface area contributed by atoms with Crippen LogP contribution in [0.4, 0.5) is 0 Å². The Hall–Kier alpha value is -1.31. The molecule has 0 aromatic heterocycles. The zero-order valence-corrected chi connectivity index (χ0v) is 16.7. The number of carboxylic acids is 1. The van der Waals surface area contributed by atoms with Gasteiger partial charge in [0.15, 0.2) is 0 Å². The van der Waals surface area contributed by atoms with E-state index >= 15 is 0 Å². The molecule has 0 radical (unpaired) electrons. The minimum absolute atomic E-state index is 0.343. The molecule has 3 saturated carbocycles. The van der Waals surface area contributed by atoms with E-state index in [1.165, 1.54) is 88.2 Å². The van der Waals surface area contributed by atoms with Crippen molar-refractivity contribution in [3.8, 4) is 0 Å².